The molecule has 0 saturated heterocycles. The normalized spacial score (nSPS) is 11.3. The van der Waals surface area contributed by atoms with Crippen LogP contribution in [-0.2, 0) is 6.18 Å². The minimum atomic E-state index is -4.46. The summed E-state index contributed by atoms with van der Waals surface area (Å²) in [6, 6.07) is 1.89. The van der Waals surface area contributed by atoms with E-state index in [0.717, 1.165) is 12.1 Å². The molecule has 12 heavy (non-hydrogen) atoms. The molecule has 66 valence electrons. The van der Waals surface area contributed by atoms with Crippen LogP contribution in [0, 0.1) is 0 Å². The molecule has 0 atom stereocenters. The quantitative estimate of drug-likeness (QED) is 0.492. The Kier molecular flexibility index (Phi) is 2.13. The lowest BCUT2D eigenvalue weighted by atomic mass is 10.4. The molecule has 0 aliphatic carbocycles. The maximum Gasteiger partial charge on any atom is 0.435 e. The molecule has 0 aliphatic heterocycles. The van der Waals surface area contributed by atoms with Crippen molar-refractivity contribution in [1.82, 2.24) is 10.2 Å². The number of halogens is 3. The zero-order chi connectivity index (χ0) is 9.19. The Labute approximate surface area is 65.6 Å². The van der Waals surface area contributed by atoms with E-state index in [2.05, 4.69) is 15.6 Å². The van der Waals surface area contributed by atoms with E-state index in [1.807, 2.05) is 0 Å². The highest BCUT2D eigenvalue weighted by Crippen LogP contribution is 2.26. The number of aromatic nitrogens is 2. The first kappa shape index (κ1) is 8.72. The first-order valence-electron chi connectivity index (χ1n) is 2.91. The summed E-state index contributed by atoms with van der Waals surface area (Å²) < 4.78 is 35.6. The number of alkyl halides is 3. The van der Waals surface area contributed by atoms with Crippen LogP contribution in [0.4, 0.5) is 19.0 Å². The predicted molar refractivity (Wildman–Crippen MR) is 34.8 cm³/mol. The molecule has 0 aliphatic rings. The first-order valence-corrected chi connectivity index (χ1v) is 2.91. The average molecular weight is 178 g/mol. The summed E-state index contributed by atoms with van der Waals surface area (Å²) in [5.74, 6) is 4.96. The number of nitrogens with zero attached hydrogens (tertiary/aromatic N) is 2. The van der Waals surface area contributed by atoms with Gasteiger partial charge in [0.25, 0.3) is 0 Å². The largest absolute Gasteiger partial charge is 0.435 e. The molecule has 1 rings (SSSR count). The van der Waals surface area contributed by atoms with Gasteiger partial charge in [0, 0.05) is 0 Å². The van der Waals surface area contributed by atoms with Gasteiger partial charge in [-0.15, -0.1) is 10.2 Å². The van der Waals surface area contributed by atoms with E-state index in [1.165, 1.54) is 0 Å². The fourth-order valence-corrected chi connectivity index (χ4v) is 0.560. The third-order valence-corrected chi connectivity index (χ3v) is 1.10. The number of nitrogens with one attached hydrogen (secondary N) is 1. The number of hydrogen-bond donors (Lipinski definition) is 2. The molecule has 1 aromatic rings. The van der Waals surface area contributed by atoms with Crippen LogP contribution >= 0.6 is 0 Å². The van der Waals surface area contributed by atoms with Crippen molar-refractivity contribution in [3.8, 4) is 0 Å². The number of hydrazine groups is 1. The second kappa shape index (κ2) is 2.94. The van der Waals surface area contributed by atoms with Gasteiger partial charge in [0.15, 0.2) is 11.5 Å². The minimum Gasteiger partial charge on any atom is -0.307 e. The zero-order valence-corrected chi connectivity index (χ0v) is 5.76. The van der Waals surface area contributed by atoms with Gasteiger partial charge < -0.3 is 5.43 Å². The van der Waals surface area contributed by atoms with Crippen LogP contribution in [0.3, 0.4) is 0 Å². The molecule has 0 spiro atoms. The Morgan fingerprint density at radius 3 is 2.25 bits per heavy atom. The van der Waals surface area contributed by atoms with Gasteiger partial charge in [0.2, 0.25) is 0 Å². The smallest absolute Gasteiger partial charge is 0.307 e. The highest BCUT2D eigenvalue weighted by atomic mass is 19.4. The first-order chi connectivity index (χ1) is 5.54. The molecule has 0 aromatic carbocycles. The van der Waals surface area contributed by atoms with Crippen LogP contribution < -0.4 is 11.3 Å². The summed E-state index contributed by atoms with van der Waals surface area (Å²) >= 11 is 0. The molecule has 0 radical (unpaired) electrons. The van der Waals surface area contributed by atoms with Crippen molar-refractivity contribution in [2.75, 3.05) is 5.43 Å². The molecule has 0 fully saturated rings. The third kappa shape index (κ3) is 1.82. The maximum atomic E-state index is 11.9. The maximum absolute atomic E-state index is 11.9. The van der Waals surface area contributed by atoms with Crippen molar-refractivity contribution in [3.63, 3.8) is 0 Å². The predicted octanol–water partition coefficient (Wildman–Crippen LogP) is 0.781. The summed E-state index contributed by atoms with van der Waals surface area (Å²) in [7, 11) is 0. The van der Waals surface area contributed by atoms with Gasteiger partial charge in [-0.3, -0.25) is 0 Å². The summed E-state index contributed by atoms with van der Waals surface area (Å²) in [6.07, 6.45) is -4.46. The van der Waals surface area contributed by atoms with Crippen LogP contribution in [0.15, 0.2) is 12.1 Å². The molecule has 0 amide bonds. The summed E-state index contributed by atoms with van der Waals surface area (Å²) in [6.45, 7) is 0. The van der Waals surface area contributed by atoms with E-state index in [-0.39, 0.29) is 5.82 Å². The lowest BCUT2D eigenvalue weighted by Gasteiger charge is -2.04. The van der Waals surface area contributed by atoms with E-state index >= 15 is 0 Å². The van der Waals surface area contributed by atoms with E-state index in [0.29, 0.717) is 0 Å². The van der Waals surface area contributed by atoms with Crippen molar-refractivity contribution in [1.29, 1.82) is 0 Å². The third-order valence-electron chi connectivity index (χ3n) is 1.10. The van der Waals surface area contributed by atoms with Crippen molar-refractivity contribution in [3.05, 3.63) is 17.8 Å². The van der Waals surface area contributed by atoms with Crippen molar-refractivity contribution >= 4 is 5.82 Å². The molecule has 1 aromatic heterocycles. The van der Waals surface area contributed by atoms with E-state index < -0.39 is 11.9 Å². The lowest BCUT2D eigenvalue weighted by molar-refractivity contribution is -0.141. The molecule has 0 bridgehead atoms. The monoisotopic (exact) mass is 178 g/mol. The van der Waals surface area contributed by atoms with Crippen molar-refractivity contribution in [2.45, 2.75) is 6.18 Å². The molecular formula is C5H5F3N4. The van der Waals surface area contributed by atoms with Crippen molar-refractivity contribution in [2.24, 2.45) is 5.84 Å². The highest BCUT2D eigenvalue weighted by Gasteiger charge is 2.32. The standard InChI is InChI=1S/C5H5F3N4/c6-5(7,8)3-1-2-4(10-9)12-11-3/h1-2H,9H2,(H,10,12). The Balaban J connectivity index is 2.93. The Morgan fingerprint density at radius 2 is 1.92 bits per heavy atom. The average Bonchev–Trinajstić information content (AvgIpc) is 2.03. The van der Waals surface area contributed by atoms with Gasteiger partial charge >= 0.3 is 6.18 Å². The fourth-order valence-electron chi connectivity index (χ4n) is 0.560. The topological polar surface area (TPSA) is 63.8 Å². The SMILES string of the molecule is NNc1ccc(C(F)(F)F)nn1. The van der Waals surface area contributed by atoms with Crippen LogP contribution in [0.1, 0.15) is 5.69 Å². The summed E-state index contributed by atoms with van der Waals surface area (Å²) in [5, 5.41) is 6.06. The summed E-state index contributed by atoms with van der Waals surface area (Å²) in [5.41, 5.74) is 1.02. The van der Waals surface area contributed by atoms with Gasteiger partial charge in [-0.2, -0.15) is 13.2 Å². The van der Waals surface area contributed by atoms with E-state index in [1.54, 1.807) is 0 Å². The van der Waals surface area contributed by atoms with Crippen LogP contribution in [-0.4, -0.2) is 10.2 Å². The number of rotatable bonds is 1. The second-order valence-corrected chi connectivity index (χ2v) is 1.95. The Morgan fingerprint density at radius 1 is 1.25 bits per heavy atom. The molecule has 0 saturated carbocycles. The number of nitrogen functional groups attached to an aromatic ring is 1. The van der Waals surface area contributed by atoms with Crippen LogP contribution in [0.2, 0.25) is 0 Å². The number of nitrogens with two attached hydrogens (primary N) is 1. The minimum absolute atomic E-state index is 0.0861. The molecule has 4 nitrogen and oxygen atoms in total. The molecule has 3 N–H and O–H groups in total. The van der Waals surface area contributed by atoms with Crippen LogP contribution in [0.25, 0.3) is 0 Å². The van der Waals surface area contributed by atoms with E-state index in [9.17, 15) is 13.2 Å². The Hall–Kier alpha value is -1.37. The van der Waals surface area contributed by atoms with Crippen molar-refractivity contribution < 1.29 is 13.2 Å². The zero-order valence-electron chi connectivity index (χ0n) is 5.76. The number of hydrogen-bond acceptors (Lipinski definition) is 4. The highest BCUT2D eigenvalue weighted by molar-refractivity contribution is 5.31. The molecular weight excluding hydrogens is 173 g/mol. The number of anilines is 1. The molecule has 1 heterocycles. The van der Waals surface area contributed by atoms with Gasteiger partial charge in [-0.1, -0.05) is 0 Å². The molecule has 0 unspecified atom stereocenters. The van der Waals surface area contributed by atoms with E-state index in [4.69, 9.17) is 5.84 Å². The van der Waals surface area contributed by atoms with Gasteiger partial charge in [0.05, 0.1) is 0 Å². The van der Waals surface area contributed by atoms with Gasteiger partial charge in [-0.25, -0.2) is 5.84 Å². The lowest BCUT2D eigenvalue weighted by Crippen LogP contribution is -2.13. The fraction of sp³-hybridized carbons (Fsp3) is 0.200. The second-order valence-electron chi connectivity index (χ2n) is 1.95. The summed E-state index contributed by atoms with van der Waals surface area (Å²) in [4.78, 5) is 0. The van der Waals surface area contributed by atoms with Gasteiger partial charge in [-0.05, 0) is 12.1 Å². The molecule has 7 heteroatoms. The Bertz CT molecular complexity index is 254. The van der Waals surface area contributed by atoms with Crippen LogP contribution in [0.5, 0.6) is 0 Å². The van der Waals surface area contributed by atoms with Gasteiger partial charge in [0.1, 0.15) is 0 Å².